The summed E-state index contributed by atoms with van der Waals surface area (Å²) >= 11 is 0. The number of rotatable bonds is 2. The van der Waals surface area contributed by atoms with Gasteiger partial charge in [0.15, 0.2) is 5.78 Å². The van der Waals surface area contributed by atoms with E-state index in [-0.39, 0.29) is 11.2 Å². The molecule has 3 rings (SSSR count). The molecule has 0 saturated heterocycles. The first kappa shape index (κ1) is 17.3. The summed E-state index contributed by atoms with van der Waals surface area (Å²) < 4.78 is 4.89. The van der Waals surface area contributed by atoms with E-state index in [2.05, 4.69) is 32.1 Å². The van der Waals surface area contributed by atoms with Gasteiger partial charge in [-0.2, -0.15) is 0 Å². The second-order valence-electron chi connectivity index (χ2n) is 6.59. The van der Waals surface area contributed by atoms with Gasteiger partial charge in [-0.05, 0) is 48.8 Å². The molecule has 0 atom stereocenters. The summed E-state index contributed by atoms with van der Waals surface area (Å²) in [4.78, 5) is 11.8. The van der Waals surface area contributed by atoms with Crippen molar-refractivity contribution in [1.82, 2.24) is 0 Å². The molecule has 2 nitrogen and oxygen atoms in total. The quantitative estimate of drug-likeness (QED) is 0.738. The Morgan fingerprint density at radius 3 is 2.35 bits per heavy atom. The number of allylic oxidation sites excluding steroid dienone is 5. The molecule has 1 heterocycles. The second kappa shape index (κ2) is 7.96. The molecule has 1 aromatic carbocycles. The Kier molecular flexibility index (Phi) is 5.97. The molecule has 0 saturated carbocycles. The van der Waals surface area contributed by atoms with E-state index in [0.717, 1.165) is 24.2 Å². The number of carbonyl (C=O) groups is 1. The summed E-state index contributed by atoms with van der Waals surface area (Å²) in [5, 5.41) is 0. The molecule has 0 N–H and O–H groups in total. The molecule has 2 heteroatoms. The second-order valence-corrected chi connectivity index (χ2v) is 6.59. The summed E-state index contributed by atoms with van der Waals surface area (Å²) in [6.07, 6.45) is 11.2. The molecular weight excluding hydrogens is 284 g/mol. The van der Waals surface area contributed by atoms with E-state index >= 15 is 0 Å². The van der Waals surface area contributed by atoms with E-state index < -0.39 is 0 Å². The molecule has 1 aromatic rings. The van der Waals surface area contributed by atoms with Crippen LogP contribution in [0.5, 0.6) is 0 Å². The molecule has 122 valence electrons. The summed E-state index contributed by atoms with van der Waals surface area (Å²) in [5.41, 5.74) is 3.21. The summed E-state index contributed by atoms with van der Waals surface area (Å²) in [7, 11) is 0. The van der Waals surface area contributed by atoms with Crippen LogP contribution in [0.2, 0.25) is 0 Å². The van der Waals surface area contributed by atoms with Crippen LogP contribution in [0, 0.1) is 5.41 Å². The van der Waals surface area contributed by atoms with E-state index in [1.54, 1.807) is 13.2 Å². The SMILES string of the molecule is C1=COCCC1.CC(=O)C1=C(c2ccccc2)C(C)(C)CC=C1. The molecule has 1 aliphatic heterocycles. The Hall–Kier alpha value is -2.09. The number of ether oxygens (including phenoxy) is 1. The van der Waals surface area contributed by atoms with E-state index in [9.17, 15) is 4.79 Å². The highest BCUT2D eigenvalue weighted by Gasteiger charge is 2.29. The molecule has 0 unspecified atom stereocenters. The Morgan fingerprint density at radius 1 is 1.13 bits per heavy atom. The van der Waals surface area contributed by atoms with E-state index in [1.807, 2.05) is 30.4 Å². The zero-order chi connectivity index (χ0) is 16.7. The van der Waals surface area contributed by atoms with Crippen molar-refractivity contribution in [2.75, 3.05) is 6.61 Å². The first-order valence-electron chi connectivity index (χ1n) is 8.26. The summed E-state index contributed by atoms with van der Waals surface area (Å²) in [6.45, 7) is 6.95. The van der Waals surface area contributed by atoms with Gasteiger partial charge in [0.2, 0.25) is 0 Å². The lowest BCUT2D eigenvalue weighted by atomic mass is 9.72. The van der Waals surface area contributed by atoms with Crippen molar-refractivity contribution in [2.45, 2.75) is 40.0 Å². The molecule has 0 bridgehead atoms. The van der Waals surface area contributed by atoms with Gasteiger partial charge < -0.3 is 4.74 Å². The minimum absolute atomic E-state index is 0.0249. The van der Waals surface area contributed by atoms with Crippen molar-refractivity contribution in [2.24, 2.45) is 5.41 Å². The third-order valence-electron chi connectivity index (χ3n) is 4.13. The van der Waals surface area contributed by atoms with Crippen molar-refractivity contribution in [1.29, 1.82) is 0 Å². The lowest BCUT2D eigenvalue weighted by molar-refractivity contribution is -0.113. The molecule has 2 aliphatic rings. The van der Waals surface area contributed by atoms with Gasteiger partial charge in [0.1, 0.15) is 0 Å². The van der Waals surface area contributed by atoms with Gasteiger partial charge in [-0.3, -0.25) is 4.79 Å². The predicted octanol–water partition coefficient (Wildman–Crippen LogP) is 5.33. The van der Waals surface area contributed by atoms with Crippen LogP contribution in [-0.4, -0.2) is 12.4 Å². The summed E-state index contributed by atoms with van der Waals surface area (Å²) in [5.74, 6) is 0.146. The molecule has 0 fully saturated rings. The first-order valence-corrected chi connectivity index (χ1v) is 8.26. The molecule has 23 heavy (non-hydrogen) atoms. The normalized spacial score (nSPS) is 18.7. The minimum atomic E-state index is 0.0249. The van der Waals surface area contributed by atoms with Gasteiger partial charge in [-0.1, -0.05) is 56.3 Å². The van der Waals surface area contributed by atoms with Crippen LogP contribution in [-0.2, 0) is 9.53 Å². The van der Waals surface area contributed by atoms with Crippen LogP contribution in [0.15, 0.2) is 60.4 Å². The fourth-order valence-corrected chi connectivity index (χ4v) is 2.95. The Bertz CT molecular complexity index is 611. The number of benzene rings is 1. The zero-order valence-electron chi connectivity index (χ0n) is 14.3. The van der Waals surface area contributed by atoms with Crippen molar-refractivity contribution < 1.29 is 9.53 Å². The molecule has 0 radical (unpaired) electrons. The molecule has 0 amide bonds. The van der Waals surface area contributed by atoms with Crippen molar-refractivity contribution in [3.63, 3.8) is 0 Å². The largest absolute Gasteiger partial charge is 0.502 e. The average Bonchev–Trinajstić information content (AvgIpc) is 2.56. The number of Topliss-reactive ketones (excluding diaryl/α,β-unsaturated/α-hetero) is 1. The molecule has 0 aromatic heterocycles. The Labute approximate surface area is 139 Å². The number of hydrogen-bond donors (Lipinski definition) is 0. The number of carbonyl (C=O) groups excluding carboxylic acids is 1. The van der Waals surface area contributed by atoms with E-state index in [0.29, 0.717) is 0 Å². The molecule has 0 spiro atoms. The standard InChI is InChI=1S/C16H18O.C5H8O/c1-12(17)14-10-7-11-16(2,3)15(14)13-8-5-4-6-9-13;1-2-4-6-5-3-1/h4-10H,11H2,1-3H3;2,4H,1,3,5H2. The fraction of sp³-hybridized carbons (Fsp3) is 0.381. The van der Waals surface area contributed by atoms with Crippen molar-refractivity contribution in [3.05, 3.63) is 66.0 Å². The van der Waals surface area contributed by atoms with Gasteiger partial charge >= 0.3 is 0 Å². The maximum atomic E-state index is 11.8. The fourth-order valence-electron chi connectivity index (χ4n) is 2.95. The third-order valence-corrected chi connectivity index (χ3v) is 4.13. The van der Waals surface area contributed by atoms with Gasteiger partial charge in [0, 0.05) is 5.57 Å². The van der Waals surface area contributed by atoms with Gasteiger partial charge in [0.05, 0.1) is 12.9 Å². The van der Waals surface area contributed by atoms with Crippen LogP contribution in [0.4, 0.5) is 0 Å². The average molecular weight is 310 g/mol. The van der Waals surface area contributed by atoms with Crippen LogP contribution >= 0.6 is 0 Å². The lowest BCUT2D eigenvalue weighted by Gasteiger charge is -2.32. The van der Waals surface area contributed by atoms with Crippen molar-refractivity contribution >= 4 is 11.4 Å². The lowest BCUT2D eigenvalue weighted by Crippen LogP contribution is -2.19. The maximum Gasteiger partial charge on any atom is 0.160 e. The monoisotopic (exact) mass is 310 g/mol. The highest BCUT2D eigenvalue weighted by Crippen LogP contribution is 2.43. The Morgan fingerprint density at radius 2 is 1.87 bits per heavy atom. The van der Waals surface area contributed by atoms with Gasteiger partial charge in [0.25, 0.3) is 0 Å². The first-order chi connectivity index (χ1) is 11.0. The maximum absolute atomic E-state index is 11.8. The van der Waals surface area contributed by atoms with Crippen LogP contribution in [0.25, 0.3) is 5.57 Å². The molecular formula is C21H26O2. The van der Waals surface area contributed by atoms with Crippen LogP contribution < -0.4 is 0 Å². The Balaban J connectivity index is 0.000000268. The van der Waals surface area contributed by atoms with Crippen LogP contribution in [0.1, 0.15) is 45.6 Å². The van der Waals surface area contributed by atoms with E-state index in [1.165, 1.54) is 18.4 Å². The van der Waals surface area contributed by atoms with Gasteiger partial charge in [-0.15, -0.1) is 0 Å². The smallest absolute Gasteiger partial charge is 0.160 e. The number of hydrogen-bond acceptors (Lipinski definition) is 2. The molecule has 1 aliphatic carbocycles. The van der Waals surface area contributed by atoms with E-state index in [4.69, 9.17) is 4.74 Å². The third kappa shape index (κ3) is 4.69. The van der Waals surface area contributed by atoms with Crippen molar-refractivity contribution in [3.8, 4) is 0 Å². The number of ketones is 1. The van der Waals surface area contributed by atoms with Gasteiger partial charge in [-0.25, -0.2) is 0 Å². The zero-order valence-corrected chi connectivity index (χ0v) is 14.3. The highest BCUT2D eigenvalue weighted by molar-refractivity contribution is 6.05. The van der Waals surface area contributed by atoms with Crippen LogP contribution in [0.3, 0.4) is 0 Å². The summed E-state index contributed by atoms with van der Waals surface area (Å²) in [6, 6.07) is 10.2. The minimum Gasteiger partial charge on any atom is -0.502 e. The topological polar surface area (TPSA) is 26.3 Å². The predicted molar refractivity (Wildman–Crippen MR) is 95.9 cm³/mol. The highest BCUT2D eigenvalue weighted by atomic mass is 16.5.